The Kier molecular flexibility index (Phi) is 5.72. The third-order valence-electron chi connectivity index (χ3n) is 4.11. The van der Waals surface area contributed by atoms with E-state index < -0.39 is 11.7 Å². The summed E-state index contributed by atoms with van der Waals surface area (Å²) in [5.41, 5.74) is 4.96. The lowest BCUT2D eigenvalue weighted by atomic mass is 10.2. The predicted molar refractivity (Wildman–Crippen MR) is 110 cm³/mol. The van der Waals surface area contributed by atoms with E-state index in [1.165, 1.54) is 0 Å². The predicted octanol–water partition coefficient (Wildman–Crippen LogP) is 3.50. The minimum absolute atomic E-state index is 0.495. The minimum atomic E-state index is -0.712. The van der Waals surface area contributed by atoms with E-state index in [9.17, 15) is 9.59 Å². The van der Waals surface area contributed by atoms with Gasteiger partial charge in [0, 0.05) is 6.54 Å². The molecule has 0 aliphatic heterocycles. The fourth-order valence-corrected chi connectivity index (χ4v) is 2.80. The number of anilines is 1. The van der Waals surface area contributed by atoms with E-state index in [1.807, 2.05) is 28.8 Å². The molecule has 2 aromatic carbocycles. The average Bonchev–Trinajstić information content (AvgIpc) is 3.07. The molecular weight excluding hydrogens is 372 g/mol. The van der Waals surface area contributed by atoms with Crippen LogP contribution in [0.3, 0.4) is 0 Å². The van der Waals surface area contributed by atoms with Crippen LogP contribution in [-0.4, -0.2) is 34.8 Å². The van der Waals surface area contributed by atoms with Crippen molar-refractivity contribution in [1.82, 2.24) is 15.0 Å². The molecule has 29 heavy (non-hydrogen) atoms. The highest BCUT2D eigenvalue weighted by molar-refractivity contribution is 5.87. The fourth-order valence-electron chi connectivity index (χ4n) is 2.80. The first kappa shape index (κ1) is 20.2. The number of nitrogens with one attached hydrogen (secondary N) is 1. The first-order valence-electron chi connectivity index (χ1n) is 9.11. The number of ether oxygens (including phenoxy) is 2. The summed E-state index contributed by atoms with van der Waals surface area (Å²) in [5.74, 6) is 0.793. The van der Waals surface area contributed by atoms with Crippen molar-refractivity contribution in [2.24, 2.45) is 0 Å². The SMILES string of the molecule is COc1ccc(Cn2cnc3ccc(N(C=O)NC(=O)OC(C)(C)C)cc32)cc1. The molecule has 3 rings (SSSR count). The highest BCUT2D eigenvalue weighted by Gasteiger charge is 2.19. The van der Waals surface area contributed by atoms with Crippen molar-refractivity contribution in [3.63, 3.8) is 0 Å². The Bertz CT molecular complexity index is 1010. The molecule has 0 saturated carbocycles. The van der Waals surface area contributed by atoms with Crippen LogP contribution < -0.4 is 15.2 Å². The van der Waals surface area contributed by atoms with E-state index in [0.29, 0.717) is 18.6 Å². The van der Waals surface area contributed by atoms with Gasteiger partial charge < -0.3 is 14.0 Å². The van der Waals surface area contributed by atoms with E-state index in [4.69, 9.17) is 9.47 Å². The summed E-state index contributed by atoms with van der Waals surface area (Å²) >= 11 is 0. The van der Waals surface area contributed by atoms with Crippen LogP contribution in [0.4, 0.5) is 10.5 Å². The van der Waals surface area contributed by atoms with Gasteiger partial charge in [0.25, 0.3) is 0 Å². The van der Waals surface area contributed by atoms with Crippen LogP contribution in [0.2, 0.25) is 0 Å². The van der Waals surface area contributed by atoms with Crippen molar-refractivity contribution >= 4 is 29.2 Å². The largest absolute Gasteiger partial charge is 0.497 e. The lowest BCUT2D eigenvalue weighted by molar-refractivity contribution is -0.108. The summed E-state index contributed by atoms with van der Waals surface area (Å²) in [6.45, 7) is 5.86. The summed E-state index contributed by atoms with van der Waals surface area (Å²) in [6.07, 6.45) is 1.55. The summed E-state index contributed by atoms with van der Waals surface area (Å²) < 4.78 is 12.4. The van der Waals surface area contributed by atoms with Crippen LogP contribution in [0.25, 0.3) is 11.0 Å². The Hall–Kier alpha value is -3.55. The van der Waals surface area contributed by atoms with Crippen LogP contribution in [0, 0.1) is 0 Å². The Morgan fingerprint density at radius 2 is 1.93 bits per heavy atom. The number of imidazole rings is 1. The van der Waals surface area contributed by atoms with Gasteiger partial charge in [-0.2, -0.15) is 0 Å². The number of methoxy groups -OCH3 is 1. The van der Waals surface area contributed by atoms with Gasteiger partial charge in [0.05, 0.1) is 30.2 Å². The van der Waals surface area contributed by atoms with E-state index in [0.717, 1.165) is 27.4 Å². The minimum Gasteiger partial charge on any atom is -0.497 e. The van der Waals surface area contributed by atoms with Gasteiger partial charge in [0.2, 0.25) is 6.41 Å². The molecule has 152 valence electrons. The van der Waals surface area contributed by atoms with Crippen molar-refractivity contribution in [1.29, 1.82) is 0 Å². The van der Waals surface area contributed by atoms with Crippen LogP contribution >= 0.6 is 0 Å². The van der Waals surface area contributed by atoms with Gasteiger partial charge in [0.15, 0.2) is 0 Å². The van der Waals surface area contributed by atoms with Gasteiger partial charge in [0.1, 0.15) is 11.4 Å². The molecule has 3 aromatic rings. The highest BCUT2D eigenvalue weighted by Crippen LogP contribution is 2.22. The van der Waals surface area contributed by atoms with Crippen molar-refractivity contribution in [3.8, 4) is 5.75 Å². The fraction of sp³-hybridized carbons (Fsp3) is 0.286. The molecule has 0 atom stereocenters. The Balaban J connectivity index is 1.83. The average molecular weight is 396 g/mol. The van der Waals surface area contributed by atoms with Crippen LogP contribution in [0.5, 0.6) is 5.75 Å². The molecule has 1 aromatic heterocycles. The molecular formula is C21H24N4O4. The first-order valence-corrected chi connectivity index (χ1v) is 9.11. The second kappa shape index (κ2) is 8.22. The maximum absolute atomic E-state index is 12.0. The smallest absolute Gasteiger partial charge is 0.427 e. The zero-order valence-electron chi connectivity index (χ0n) is 16.9. The number of rotatable bonds is 6. The molecule has 1 heterocycles. The Morgan fingerprint density at radius 1 is 1.21 bits per heavy atom. The van der Waals surface area contributed by atoms with Crippen molar-refractivity contribution in [2.75, 3.05) is 12.1 Å². The number of fused-ring (bicyclic) bond motifs is 1. The highest BCUT2D eigenvalue weighted by atomic mass is 16.6. The normalized spacial score (nSPS) is 11.2. The van der Waals surface area contributed by atoms with Crippen molar-refractivity contribution in [2.45, 2.75) is 32.9 Å². The molecule has 0 fully saturated rings. The molecule has 2 amide bonds. The molecule has 1 N–H and O–H groups in total. The monoisotopic (exact) mass is 396 g/mol. The number of hydrogen-bond donors (Lipinski definition) is 1. The second-order valence-electron chi connectivity index (χ2n) is 7.48. The molecule has 0 aliphatic carbocycles. The maximum atomic E-state index is 12.0. The molecule has 8 heteroatoms. The first-order chi connectivity index (χ1) is 13.8. The van der Waals surface area contributed by atoms with Gasteiger partial charge in [-0.3, -0.25) is 4.79 Å². The number of nitrogens with zero attached hydrogens (tertiary/aromatic N) is 3. The van der Waals surface area contributed by atoms with Gasteiger partial charge >= 0.3 is 6.09 Å². The lowest BCUT2D eigenvalue weighted by Crippen LogP contribution is -2.44. The Morgan fingerprint density at radius 3 is 2.55 bits per heavy atom. The zero-order chi connectivity index (χ0) is 21.0. The van der Waals surface area contributed by atoms with Gasteiger partial charge in [-0.25, -0.2) is 20.2 Å². The summed E-state index contributed by atoms with van der Waals surface area (Å²) in [5, 5.41) is 1.08. The van der Waals surface area contributed by atoms with E-state index in [-0.39, 0.29) is 0 Å². The molecule has 0 saturated heterocycles. The van der Waals surface area contributed by atoms with Crippen LogP contribution in [0.15, 0.2) is 48.8 Å². The maximum Gasteiger partial charge on any atom is 0.427 e. The summed E-state index contributed by atoms with van der Waals surface area (Å²) in [4.78, 5) is 28.0. The number of amides is 2. The Labute approximate surface area is 169 Å². The molecule has 0 spiro atoms. The molecule has 0 aliphatic rings. The number of carbonyl (C=O) groups is 2. The number of benzene rings is 2. The number of hydrazine groups is 1. The quantitative estimate of drug-likeness (QED) is 0.509. The molecule has 0 bridgehead atoms. The topological polar surface area (TPSA) is 85.7 Å². The van der Waals surface area contributed by atoms with Crippen molar-refractivity contribution in [3.05, 3.63) is 54.4 Å². The molecule has 0 unspecified atom stereocenters. The van der Waals surface area contributed by atoms with E-state index in [2.05, 4.69) is 10.4 Å². The van der Waals surface area contributed by atoms with Crippen LogP contribution in [-0.2, 0) is 16.1 Å². The molecule has 8 nitrogen and oxygen atoms in total. The third-order valence-corrected chi connectivity index (χ3v) is 4.11. The standard InChI is InChI=1S/C21H24N4O4/c1-21(2,3)29-20(27)23-25(14-26)16-7-10-18-19(11-16)24(13-22-18)12-15-5-8-17(28-4)9-6-15/h5-11,13-14H,12H2,1-4H3,(H,23,27). The number of carbonyl (C=O) groups excluding carboxylic acids is 2. The zero-order valence-corrected chi connectivity index (χ0v) is 16.9. The van der Waals surface area contributed by atoms with Gasteiger partial charge in [-0.1, -0.05) is 12.1 Å². The molecule has 0 radical (unpaired) electrons. The summed E-state index contributed by atoms with van der Waals surface area (Å²) in [6, 6.07) is 13.1. The van der Waals surface area contributed by atoms with E-state index in [1.54, 1.807) is 52.4 Å². The third kappa shape index (κ3) is 5.04. The van der Waals surface area contributed by atoms with E-state index >= 15 is 0 Å². The number of aromatic nitrogens is 2. The van der Waals surface area contributed by atoms with Gasteiger partial charge in [-0.15, -0.1) is 0 Å². The lowest BCUT2D eigenvalue weighted by Gasteiger charge is -2.23. The summed E-state index contributed by atoms with van der Waals surface area (Å²) in [7, 11) is 1.63. The van der Waals surface area contributed by atoms with Crippen molar-refractivity contribution < 1.29 is 19.1 Å². The number of hydrogen-bond acceptors (Lipinski definition) is 5. The van der Waals surface area contributed by atoms with Crippen LogP contribution in [0.1, 0.15) is 26.3 Å². The second-order valence-corrected chi connectivity index (χ2v) is 7.48. The van der Waals surface area contributed by atoms with Gasteiger partial charge in [-0.05, 0) is 56.7 Å².